The SMILES string of the molecule is Cc1nc(N2C[C@H]3C[C@H]3C2=O)ncc1C(C)n1cc(NC(=O)c2nc(-c3c(C(F)F)ccc(Cl)c3F)cnc2C)cn1. The third-order valence-corrected chi connectivity index (χ3v) is 7.96. The van der Waals surface area contributed by atoms with Crippen molar-refractivity contribution >= 4 is 35.1 Å². The third-order valence-electron chi connectivity index (χ3n) is 7.66. The highest BCUT2D eigenvalue weighted by Gasteiger charge is 2.53. The molecule has 42 heavy (non-hydrogen) atoms. The van der Waals surface area contributed by atoms with E-state index in [1.54, 1.807) is 22.0 Å². The first-order valence-electron chi connectivity index (χ1n) is 13.1. The number of rotatable bonds is 7. The topological polar surface area (TPSA) is 119 Å². The number of fused-ring (bicyclic) bond motifs is 1. The number of aryl methyl sites for hydroxylation is 2. The highest BCUT2D eigenvalue weighted by atomic mass is 35.5. The average Bonchev–Trinajstić information content (AvgIpc) is 3.45. The lowest BCUT2D eigenvalue weighted by molar-refractivity contribution is -0.118. The molecule has 6 rings (SSSR count). The maximum absolute atomic E-state index is 14.8. The fraction of sp³-hybridized carbons (Fsp3) is 0.321. The number of carbonyl (C=O) groups is 2. The van der Waals surface area contributed by atoms with Crippen LogP contribution in [0.3, 0.4) is 0 Å². The molecule has 0 spiro atoms. The van der Waals surface area contributed by atoms with E-state index < -0.39 is 29.3 Å². The van der Waals surface area contributed by atoms with Crippen molar-refractivity contribution in [1.29, 1.82) is 0 Å². The summed E-state index contributed by atoms with van der Waals surface area (Å²) < 4.78 is 43.6. The summed E-state index contributed by atoms with van der Waals surface area (Å²) >= 11 is 5.83. The van der Waals surface area contributed by atoms with Crippen LogP contribution in [0.4, 0.5) is 24.8 Å². The summed E-state index contributed by atoms with van der Waals surface area (Å²) in [6.07, 6.45) is 3.77. The Balaban J connectivity index is 1.21. The molecule has 3 atom stereocenters. The van der Waals surface area contributed by atoms with Crippen molar-refractivity contribution in [2.24, 2.45) is 11.8 Å². The monoisotopic (exact) mass is 596 g/mol. The highest BCUT2D eigenvalue weighted by molar-refractivity contribution is 6.31. The van der Waals surface area contributed by atoms with Gasteiger partial charge in [-0.05, 0) is 39.2 Å². The number of alkyl halides is 2. The standard InChI is InChI=1S/C28H24ClF3N8O2/c1-12-19(8-34-28(36-12)39-10-15-6-18(15)27(39)42)14(3)40-11-16(7-35-40)37-26(41)24-13(2)33-9-21(38-24)22-17(25(31)32)4-5-20(29)23(22)30/h4-5,7-9,11,14-15,18,25H,6,10H2,1-3H3,(H,37,41)/t14?,15-,18-/m1/s1. The molecule has 4 aromatic rings. The first kappa shape index (κ1) is 27.8. The van der Waals surface area contributed by atoms with E-state index in [1.807, 2.05) is 13.8 Å². The lowest BCUT2D eigenvalue weighted by Gasteiger charge is -2.19. The van der Waals surface area contributed by atoms with Gasteiger partial charge in [-0.15, -0.1) is 0 Å². The van der Waals surface area contributed by atoms with Crippen molar-refractivity contribution in [2.45, 2.75) is 39.7 Å². The van der Waals surface area contributed by atoms with Gasteiger partial charge in [0.05, 0.1) is 40.5 Å². The fourth-order valence-electron chi connectivity index (χ4n) is 5.20. The van der Waals surface area contributed by atoms with Gasteiger partial charge in [0.1, 0.15) is 5.69 Å². The highest BCUT2D eigenvalue weighted by Crippen LogP contribution is 2.46. The average molecular weight is 597 g/mol. The largest absolute Gasteiger partial charge is 0.318 e. The van der Waals surface area contributed by atoms with E-state index in [0.717, 1.165) is 30.3 Å². The Morgan fingerprint density at radius 3 is 2.57 bits per heavy atom. The Morgan fingerprint density at radius 1 is 1.10 bits per heavy atom. The van der Waals surface area contributed by atoms with Crippen molar-refractivity contribution in [3.8, 4) is 11.3 Å². The van der Waals surface area contributed by atoms with Crippen LogP contribution < -0.4 is 10.2 Å². The molecule has 1 unspecified atom stereocenters. The summed E-state index contributed by atoms with van der Waals surface area (Å²) in [7, 11) is 0. The van der Waals surface area contributed by atoms with Crippen LogP contribution >= 0.6 is 11.6 Å². The van der Waals surface area contributed by atoms with Crippen LogP contribution in [0.5, 0.6) is 0 Å². The van der Waals surface area contributed by atoms with Gasteiger partial charge in [-0.2, -0.15) is 5.10 Å². The molecule has 4 heterocycles. The van der Waals surface area contributed by atoms with Gasteiger partial charge in [0, 0.05) is 47.2 Å². The van der Waals surface area contributed by atoms with Gasteiger partial charge < -0.3 is 5.32 Å². The Labute approximate surface area is 243 Å². The second-order valence-electron chi connectivity index (χ2n) is 10.4. The number of nitrogens with zero attached hydrogens (tertiary/aromatic N) is 7. The van der Waals surface area contributed by atoms with Crippen LogP contribution in [0.25, 0.3) is 11.3 Å². The van der Waals surface area contributed by atoms with Crippen LogP contribution in [-0.4, -0.2) is 48.1 Å². The minimum absolute atomic E-state index is 0.0743. The normalized spacial score (nSPS) is 18.4. The molecule has 0 radical (unpaired) electrons. The number of carbonyl (C=O) groups excluding carboxylic acids is 2. The number of anilines is 2. The second-order valence-corrected chi connectivity index (χ2v) is 10.8. The van der Waals surface area contributed by atoms with E-state index in [4.69, 9.17) is 11.6 Å². The Kier molecular flexibility index (Phi) is 6.92. The van der Waals surface area contributed by atoms with Gasteiger partial charge in [-0.1, -0.05) is 17.7 Å². The number of benzene rings is 1. The summed E-state index contributed by atoms with van der Waals surface area (Å²) in [5.41, 5.74) is 0.449. The molecule has 14 heteroatoms. The van der Waals surface area contributed by atoms with Crippen molar-refractivity contribution in [3.05, 3.63) is 76.0 Å². The first-order chi connectivity index (χ1) is 20.0. The number of amides is 2. The molecule has 1 aliphatic heterocycles. The molecule has 0 bridgehead atoms. The van der Waals surface area contributed by atoms with Crippen molar-refractivity contribution in [2.75, 3.05) is 16.8 Å². The van der Waals surface area contributed by atoms with Crippen LogP contribution in [-0.2, 0) is 4.79 Å². The van der Waals surface area contributed by atoms with Gasteiger partial charge in [-0.25, -0.2) is 28.1 Å². The summed E-state index contributed by atoms with van der Waals surface area (Å²) in [5, 5.41) is 6.66. The fourth-order valence-corrected chi connectivity index (χ4v) is 5.36. The van der Waals surface area contributed by atoms with E-state index in [1.165, 1.54) is 13.1 Å². The quantitative estimate of drug-likeness (QED) is 0.307. The molecule has 2 fully saturated rings. The first-order valence-corrected chi connectivity index (χ1v) is 13.5. The lowest BCUT2D eigenvalue weighted by Crippen LogP contribution is -2.30. The van der Waals surface area contributed by atoms with E-state index >= 15 is 0 Å². The molecule has 2 amide bonds. The Hall–Kier alpha value is -4.39. The van der Waals surface area contributed by atoms with E-state index in [-0.39, 0.29) is 40.0 Å². The maximum atomic E-state index is 14.8. The van der Waals surface area contributed by atoms with E-state index in [9.17, 15) is 22.8 Å². The summed E-state index contributed by atoms with van der Waals surface area (Å²) in [6.45, 7) is 5.89. The number of aromatic nitrogens is 6. The molecule has 2 aliphatic rings. The van der Waals surface area contributed by atoms with Gasteiger partial charge in [-0.3, -0.25) is 24.2 Å². The zero-order chi connectivity index (χ0) is 29.9. The van der Waals surface area contributed by atoms with Crippen LogP contribution in [0.15, 0.2) is 36.9 Å². The number of hydrogen-bond donors (Lipinski definition) is 1. The molecular formula is C28H24ClF3N8O2. The minimum atomic E-state index is -3.00. The second kappa shape index (κ2) is 10.5. The molecule has 10 nitrogen and oxygen atoms in total. The zero-order valence-corrected chi connectivity index (χ0v) is 23.4. The van der Waals surface area contributed by atoms with Crippen molar-refractivity contribution in [1.82, 2.24) is 29.7 Å². The number of piperidine rings is 1. The number of halogens is 4. The van der Waals surface area contributed by atoms with Gasteiger partial charge in [0.15, 0.2) is 5.82 Å². The van der Waals surface area contributed by atoms with Crippen molar-refractivity contribution in [3.63, 3.8) is 0 Å². The molecule has 1 aliphatic carbocycles. The molecule has 1 aromatic carbocycles. The molecule has 1 saturated heterocycles. The van der Waals surface area contributed by atoms with E-state index in [0.29, 0.717) is 29.8 Å². The minimum Gasteiger partial charge on any atom is -0.318 e. The summed E-state index contributed by atoms with van der Waals surface area (Å²) in [6, 6.07) is 1.74. The van der Waals surface area contributed by atoms with Crippen LogP contribution in [0.2, 0.25) is 5.02 Å². The van der Waals surface area contributed by atoms with Crippen molar-refractivity contribution < 1.29 is 22.8 Å². The molecule has 1 saturated carbocycles. The zero-order valence-electron chi connectivity index (χ0n) is 22.6. The van der Waals surface area contributed by atoms with Gasteiger partial charge in [0.25, 0.3) is 12.3 Å². The third kappa shape index (κ3) is 4.87. The summed E-state index contributed by atoms with van der Waals surface area (Å²) in [4.78, 5) is 44.4. The molecule has 3 aromatic heterocycles. The predicted molar refractivity (Wildman–Crippen MR) is 147 cm³/mol. The number of nitrogens with one attached hydrogen (secondary N) is 1. The van der Waals surface area contributed by atoms with Crippen LogP contribution in [0.1, 0.15) is 58.8 Å². The van der Waals surface area contributed by atoms with Gasteiger partial charge in [0.2, 0.25) is 11.9 Å². The summed E-state index contributed by atoms with van der Waals surface area (Å²) in [5.74, 6) is -0.785. The molecular weight excluding hydrogens is 573 g/mol. The molecule has 1 N–H and O–H groups in total. The Morgan fingerprint density at radius 2 is 1.88 bits per heavy atom. The number of hydrogen-bond acceptors (Lipinski definition) is 7. The predicted octanol–water partition coefficient (Wildman–Crippen LogP) is 5.32. The smallest absolute Gasteiger partial charge is 0.276 e. The maximum Gasteiger partial charge on any atom is 0.276 e. The van der Waals surface area contributed by atoms with Crippen LogP contribution in [0, 0.1) is 31.5 Å². The lowest BCUT2D eigenvalue weighted by atomic mass is 10.0. The Bertz CT molecular complexity index is 1750. The molecule has 216 valence electrons. The van der Waals surface area contributed by atoms with E-state index in [2.05, 4.69) is 30.4 Å². The van der Waals surface area contributed by atoms with Gasteiger partial charge >= 0.3 is 0 Å².